The van der Waals surface area contributed by atoms with Gasteiger partial charge in [0, 0.05) is 13.7 Å². The molecule has 2 amide bonds. The normalized spacial score (nSPS) is 23.2. The molecule has 1 aliphatic heterocycles. The third-order valence-electron chi connectivity index (χ3n) is 3.59. The number of hydrogen-bond donors (Lipinski definition) is 1. The summed E-state index contributed by atoms with van der Waals surface area (Å²) in [7, 11) is 1.69. The first-order valence-electron chi connectivity index (χ1n) is 6.43. The highest BCUT2D eigenvalue weighted by atomic mass is 16.5. The molecule has 0 bridgehead atoms. The van der Waals surface area contributed by atoms with Crippen molar-refractivity contribution < 1.29 is 9.53 Å². The number of ether oxygens (including phenoxy) is 1. The van der Waals surface area contributed by atoms with Crippen LogP contribution in [0.3, 0.4) is 0 Å². The molecule has 6 nitrogen and oxygen atoms in total. The Morgan fingerprint density at radius 2 is 2.37 bits per heavy atom. The molecular weight excluding hydrogens is 244 g/mol. The minimum atomic E-state index is -0.249. The van der Waals surface area contributed by atoms with Gasteiger partial charge >= 0.3 is 6.03 Å². The number of likely N-dealkylation sites (tertiary alicyclic amines) is 1. The summed E-state index contributed by atoms with van der Waals surface area (Å²) >= 11 is 0. The second-order valence-electron chi connectivity index (χ2n) is 5.14. The number of urea groups is 1. The van der Waals surface area contributed by atoms with Gasteiger partial charge in [-0.15, -0.1) is 0 Å². The SMILES string of the molecule is COC1(C)CCCN(C(=O)Nc2ccnnc2C)C1. The van der Waals surface area contributed by atoms with E-state index >= 15 is 0 Å². The van der Waals surface area contributed by atoms with Crippen molar-refractivity contribution in [1.29, 1.82) is 0 Å². The summed E-state index contributed by atoms with van der Waals surface area (Å²) in [6, 6.07) is 1.64. The van der Waals surface area contributed by atoms with Crippen LogP contribution in [0.4, 0.5) is 10.5 Å². The van der Waals surface area contributed by atoms with Crippen LogP contribution in [-0.2, 0) is 4.74 Å². The van der Waals surface area contributed by atoms with Crippen LogP contribution in [0.15, 0.2) is 12.3 Å². The highest BCUT2D eigenvalue weighted by molar-refractivity contribution is 5.89. The van der Waals surface area contributed by atoms with E-state index in [0.717, 1.165) is 19.4 Å². The number of methoxy groups -OCH3 is 1. The molecule has 0 saturated carbocycles. The number of carbonyl (C=O) groups is 1. The number of nitrogens with one attached hydrogen (secondary N) is 1. The number of piperidine rings is 1. The number of anilines is 1. The van der Waals surface area contributed by atoms with Crippen molar-refractivity contribution in [2.45, 2.75) is 32.3 Å². The van der Waals surface area contributed by atoms with Crippen molar-refractivity contribution >= 4 is 11.7 Å². The third-order valence-corrected chi connectivity index (χ3v) is 3.59. The maximum atomic E-state index is 12.2. The van der Waals surface area contributed by atoms with Gasteiger partial charge in [0.15, 0.2) is 0 Å². The van der Waals surface area contributed by atoms with E-state index in [-0.39, 0.29) is 11.6 Å². The predicted octanol–water partition coefficient (Wildman–Crippen LogP) is 1.82. The van der Waals surface area contributed by atoms with Gasteiger partial charge in [0.25, 0.3) is 0 Å². The Kier molecular flexibility index (Phi) is 3.99. The summed E-state index contributed by atoms with van der Waals surface area (Å²) in [5, 5.41) is 10.6. The van der Waals surface area contributed by atoms with Crippen LogP contribution >= 0.6 is 0 Å². The molecule has 0 aliphatic carbocycles. The Balaban J connectivity index is 2.02. The number of aryl methyl sites for hydroxylation is 1. The summed E-state index contributed by atoms with van der Waals surface area (Å²) in [6.45, 7) is 5.21. The van der Waals surface area contributed by atoms with Gasteiger partial charge in [-0.25, -0.2) is 4.79 Å². The fraction of sp³-hybridized carbons (Fsp3) is 0.615. The number of hydrogen-bond acceptors (Lipinski definition) is 4. The second-order valence-corrected chi connectivity index (χ2v) is 5.14. The quantitative estimate of drug-likeness (QED) is 0.884. The molecule has 2 rings (SSSR count). The second kappa shape index (κ2) is 5.52. The van der Waals surface area contributed by atoms with Crippen LogP contribution < -0.4 is 5.32 Å². The fourth-order valence-corrected chi connectivity index (χ4v) is 2.27. The van der Waals surface area contributed by atoms with E-state index < -0.39 is 0 Å². The number of nitrogens with zero attached hydrogens (tertiary/aromatic N) is 3. The number of rotatable bonds is 2. The first-order chi connectivity index (χ1) is 9.04. The molecule has 1 aromatic heterocycles. The third kappa shape index (κ3) is 3.20. The molecule has 0 spiro atoms. The van der Waals surface area contributed by atoms with Crippen LogP contribution in [0.25, 0.3) is 0 Å². The molecule has 6 heteroatoms. The van der Waals surface area contributed by atoms with Gasteiger partial charge in [0.05, 0.1) is 29.7 Å². The zero-order valence-corrected chi connectivity index (χ0v) is 11.6. The minimum absolute atomic E-state index is 0.112. The topological polar surface area (TPSA) is 67.3 Å². The van der Waals surface area contributed by atoms with E-state index in [1.54, 1.807) is 24.3 Å². The van der Waals surface area contributed by atoms with E-state index in [2.05, 4.69) is 15.5 Å². The van der Waals surface area contributed by atoms with Crippen LogP contribution in [-0.4, -0.2) is 46.9 Å². The molecule has 1 saturated heterocycles. The molecule has 1 N–H and O–H groups in total. The lowest BCUT2D eigenvalue weighted by atomic mass is 9.95. The summed E-state index contributed by atoms with van der Waals surface area (Å²) in [5.74, 6) is 0. The number of aromatic nitrogens is 2. The molecule has 104 valence electrons. The molecular formula is C13H20N4O2. The molecule has 1 atom stereocenters. The van der Waals surface area contributed by atoms with Gasteiger partial charge in [-0.1, -0.05) is 0 Å². The largest absolute Gasteiger partial charge is 0.377 e. The fourth-order valence-electron chi connectivity index (χ4n) is 2.27. The van der Waals surface area contributed by atoms with Crippen molar-refractivity contribution in [3.8, 4) is 0 Å². The lowest BCUT2D eigenvalue weighted by Crippen LogP contribution is -2.50. The highest BCUT2D eigenvalue weighted by Gasteiger charge is 2.33. The van der Waals surface area contributed by atoms with Crippen molar-refractivity contribution in [1.82, 2.24) is 15.1 Å². The lowest BCUT2D eigenvalue weighted by Gasteiger charge is -2.39. The van der Waals surface area contributed by atoms with Gasteiger partial charge in [-0.05, 0) is 32.8 Å². The smallest absolute Gasteiger partial charge is 0.321 e. The first-order valence-corrected chi connectivity index (χ1v) is 6.43. The summed E-state index contributed by atoms with van der Waals surface area (Å²) in [5.41, 5.74) is 1.16. The van der Waals surface area contributed by atoms with Gasteiger partial charge in [-0.2, -0.15) is 10.2 Å². The highest BCUT2D eigenvalue weighted by Crippen LogP contribution is 2.24. The number of carbonyl (C=O) groups excluding carboxylic acids is 1. The average Bonchev–Trinajstić information content (AvgIpc) is 2.41. The molecule has 2 heterocycles. The van der Waals surface area contributed by atoms with E-state index in [1.165, 1.54) is 0 Å². The molecule has 1 aliphatic rings. The average molecular weight is 264 g/mol. The molecule has 0 radical (unpaired) electrons. The number of amides is 2. The maximum absolute atomic E-state index is 12.2. The summed E-state index contributed by atoms with van der Waals surface area (Å²) in [6.07, 6.45) is 3.49. The first kappa shape index (κ1) is 13.7. The van der Waals surface area contributed by atoms with Crippen molar-refractivity contribution in [3.63, 3.8) is 0 Å². The summed E-state index contributed by atoms with van der Waals surface area (Å²) < 4.78 is 5.49. The molecule has 0 aromatic carbocycles. The Hall–Kier alpha value is -1.69. The Morgan fingerprint density at radius 1 is 1.58 bits per heavy atom. The van der Waals surface area contributed by atoms with Gasteiger partial charge in [-0.3, -0.25) is 0 Å². The van der Waals surface area contributed by atoms with Crippen molar-refractivity contribution in [2.24, 2.45) is 0 Å². The van der Waals surface area contributed by atoms with Gasteiger partial charge in [0.2, 0.25) is 0 Å². The van der Waals surface area contributed by atoms with Crippen molar-refractivity contribution in [3.05, 3.63) is 18.0 Å². The standard InChI is InChI=1S/C13H20N4O2/c1-10-11(5-7-14-16-10)15-12(18)17-8-4-6-13(2,9-17)19-3/h5,7H,4,6,8-9H2,1-3H3,(H,14,15,18). The van der Waals surface area contributed by atoms with Crippen molar-refractivity contribution in [2.75, 3.05) is 25.5 Å². The van der Waals surface area contributed by atoms with E-state index in [0.29, 0.717) is 17.9 Å². The lowest BCUT2D eigenvalue weighted by molar-refractivity contribution is -0.0389. The molecule has 1 aromatic rings. The van der Waals surface area contributed by atoms with E-state index in [4.69, 9.17) is 4.74 Å². The maximum Gasteiger partial charge on any atom is 0.321 e. The van der Waals surface area contributed by atoms with Crippen LogP contribution in [0, 0.1) is 6.92 Å². The van der Waals surface area contributed by atoms with Gasteiger partial charge < -0.3 is 15.0 Å². The Bertz CT molecular complexity index is 466. The summed E-state index contributed by atoms with van der Waals surface area (Å²) in [4.78, 5) is 14.0. The molecule has 1 unspecified atom stereocenters. The van der Waals surface area contributed by atoms with E-state index in [1.807, 2.05) is 13.8 Å². The zero-order chi connectivity index (χ0) is 13.9. The van der Waals surface area contributed by atoms with Crippen LogP contribution in [0.2, 0.25) is 0 Å². The predicted molar refractivity (Wildman–Crippen MR) is 72.0 cm³/mol. The van der Waals surface area contributed by atoms with Crippen LogP contribution in [0.1, 0.15) is 25.5 Å². The Labute approximate surface area is 113 Å². The zero-order valence-electron chi connectivity index (χ0n) is 11.6. The monoisotopic (exact) mass is 264 g/mol. The molecule has 1 fully saturated rings. The minimum Gasteiger partial charge on any atom is -0.377 e. The van der Waals surface area contributed by atoms with Crippen LogP contribution in [0.5, 0.6) is 0 Å². The molecule has 19 heavy (non-hydrogen) atoms. The van der Waals surface area contributed by atoms with E-state index in [9.17, 15) is 4.79 Å². The Morgan fingerprint density at radius 3 is 3.05 bits per heavy atom. The van der Waals surface area contributed by atoms with Gasteiger partial charge in [0.1, 0.15) is 0 Å².